The molecule has 2 rings (SSSR count). The van der Waals surface area contributed by atoms with Gasteiger partial charge in [-0.1, -0.05) is 12.1 Å². The Morgan fingerprint density at radius 1 is 1.61 bits per heavy atom. The number of nitrogens with one attached hydrogen (secondary N) is 1. The van der Waals surface area contributed by atoms with Crippen molar-refractivity contribution < 1.29 is 19.2 Å². The number of carboxylic acids is 1. The molecular weight excluding hydrogens is 240 g/mol. The lowest BCUT2D eigenvalue weighted by Crippen LogP contribution is -2.38. The molecule has 8 heteroatoms. The van der Waals surface area contributed by atoms with Gasteiger partial charge < -0.3 is 19.8 Å². The number of nitrogens with zero attached hydrogens (tertiary/aromatic N) is 3. The Kier molecular flexibility index (Phi) is 3.45. The molecule has 0 saturated carbocycles. The molecule has 0 unspecified atom stereocenters. The highest BCUT2D eigenvalue weighted by Crippen LogP contribution is 2.22. The van der Waals surface area contributed by atoms with Gasteiger partial charge in [0.2, 0.25) is 6.39 Å². The molecule has 2 amide bonds. The van der Waals surface area contributed by atoms with Gasteiger partial charge in [0.25, 0.3) is 0 Å². The van der Waals surface area contributed by atoms with Crippen LogP contribution in [0.3, 0.4) is 0 Å². The molecule has 1 aliphatic heterocycles. The monoisotopic (exact) mass is 254 g/mol. The van der Waals surface area contributed by atoms with Crippen LogP contribution < -0.4 is 5.32 Å². The van der Waals surface area contributed by atoms with E-state index in [1.807, 2.05) is 6.92 Å². The van der Waals surface area contributed by atoms with E-state index in [4.69, 9.17) is 5.11 Å². The van der Waals surface area contributed by atoms with Gasteiger partial charge in [0.1, 0.15) is 0 Å². The topological polar surface area (TPSA) is 109 Å². The van der Waals surface area contributed by atoms with E-state index in [2.05, 4.69) is 20.0 Å². The van der Waals surface area contributed by atoms with Gasteiger partial charge in [-0.3, -0.25) is 4.79 Å². The van der Waals surface area contributed by atoms with E-state index in [-0.39, 0.29) is 25.0 Å². The van der Waals surface area contributed by atoms with Gasteiger partial charge in [-0.25, -0.2) is 4.79 Å². The van der Waals surface area contributed by atoms with Crippen molar-refractivity contribution in [3.05, 3.63) is 12.2 Å². The van der Waals surface area contributed by atoms with Crippen molar-refractivity contribution in [1.82, 2.24) is 20.4 Å². The van der Waals surface area contributed by atoms with Gasteiger partial charge in [0.05, 0.1) is 12.5 Å². The lowest BCUT2D eigenvalue weighted by molar-refractivity contribution is -0.142. The van der Waals surface area contributed by atoms with Crippen LogP contribution in [0, 0.1) is 11.8 Å². The highest BCUT2D eigenvalue weighted by Gasteiger charge is 2.36. The minimum absolute atomic E-state index is 0.0431. The third-order valence-electron chi connectivity index (χ3n) is 3.02. The normalized spacial score (nSPS) is 23.1. The Morgan fingerprint density at radius 2 is 2.39 bits per heavy atom. The second kappa shape index (κ2) is 5.03. The van der Waals surface area contributed by atoms with Gasteiger partial charge in [-0.15, -0.1) is 0 Å². The van der Waals surface area contributed by atoms with E-state index >= 15 is 0 Å². The average molecular weight is 254 g/mol. The second-order valence-electron chi connectivity index (χ2n) is 4.33. The van der Waals surface area contributed by atoms with Crippen LogP contribution in [0.25, 0.3) is 0 Å². The molecule has 98 valence electrons. The highest BCUT2D eigenvalue weighted by molar-refractivity contribution is 5.77. The number of hydrogen-bond donors (Lipinski definition) is 2. The zero-order valence-corrected chi connectivity index (χ0v) is 9.87. The molecule has 0 aliphatic carbocycles. The first-order chi connectivity index (χ1) is 8.58. The van der Waals surface area contributed by atoms with Crippen LogP contribution in [0.2, 0.25) is 0 Å². The van der Waals surface area contributed by atoms with Gasteiger partial charge in [0.15, 0.2) is 5.82 Å². The number of aromatic nitrogens is 2. The molecule has 2 heterocycles. The fourth-order valence-corrected chi connectivity index (χ4v) is 1.99. The van der Waals surface area contributed by atoms with Gasteiger partial charge in [-0.05, 0) is 5.92 Å². The van der Waals surface area contributed by atoms with Crippen molar-refractivity contribution in [3.8, 4) is 0 Å². The zero-order chi connectivity index (χ0) is 13.1. The summed E-state index contributed by atoms with van der Waals surface area (Å²) in [5.41, 5.74) is 0. The summed E-state index contributed by atoms with van der Waals surface area (Å²) in [6.45, 7) is 2.66. The van der Waals surface area contributed by atoms with Crippen molar-refractivity contribution in [3.63, 3.8) is 0 Å². The maximum absolute atomic E-state index is 11.8. The average Bonchev–Trinajstić information content (AvgIpc) is 2.94. The SMILES string of the molecule is C[C@@H]1CN(C(=O)NCc2ncon2)C[C@H]1C(=O)O. The number of aliphatic carboxylic acids is 1. The van der Waals surface area contributed by atoms with Crippen LogP contribution in [0.4, 0.5) is 4.79 Å². The molecule has 0 radical (unpaired) electrons. The Hall–Kier alpha value is -2.12. The Bertz CT molecular complexity index is 433. The van der Waals surface area contributed by atoms with E-state index in [0.29, 0.717) is 12.4 Å². The van der Waals surface area contributed by atoms with E-state index in [0.717, 1.165) is 0 Å². The number of likely N-dealkylation sites (tertiary alicyclic amines) is 1. The zero-order valence-electron chi connectivity index (χ0n) is 9.87. The predicted molar refractivity (Wildman–Crippen MR) is 58.4 cm³/mol. The minimum atomic E-state index is -0.865. The first kappa shape index (κ1) is 12.3. The summed E-state index contributed by atoms with van der Waals surface area (Å²) in [5.74, 6) is -1.03. The van der Waals surface area contributed by atoms with Crippen LogP contribution in [0.15, 0.2) is 10.9 Å². The molecule has 1 fully saturated rings. The van der Waals surface area contributed by atoms with Crippen LogP contribution in [-0.2, 0) is 11.3 Å². The number of carboxylic acid groups (broad SMARTS) is 1. The van der Waals surface area contributed by atoms with Gasteiger partial charge >= 0.3 is 12.0 Å². The molecule has 18 heavy (non-hydrogen) atoms. The molecule has 1 aromatic heterocycles. The lowest BCUT2D eigenvalue weighted by Gasteiger charge is -2.15. The van der Waals surface area contributed by atoms with E-state index in [1.165, 1.54) is 11.3 Å². The van der Waals surface area contributed by atoms with Crippen molar-refractivity contribution in [2.45, 2.75) is 13.5 Å². The molecule has 1 saturated heterocycles. The van der Waals surface area contributed by atoms with Crippen molar-refractivity contribution in [1.29, 1.82) is 0 Å². The van der Waals surface area contributed by atoms with E-state index < -0.39 is 11.9 Å². The molecule has 1 aliphatic rings. The molecule has 1 aromatic rings. The van der Waals surface area contributed by atoms with E-state index in [9.17, 15) is 9.59 Å². The molecule has 0 aromatic carbocycles. The number of urea groups is 1. The summed E-state index contributed by atoms with van der Waals surface area (Å²) in [6, 6.07) is -0.310. The molecule has 8 nitrogen and oxygen atoms in total. The van der Waals surface area contributed by atoms with Crippen LogP contribution in [-0.4, -0.2) is 45.2 Å². The molecular formula is C10H14N4O4. The largest absolute Gasteiger partial charge is 0.481 e. The summed E-state index contributed by atoms with van der Waals surface area (Å²) in [6.07, 6.45) is 1.18. The summed E-state index contributed by atoms with van der Waals surface area (Å²) in [7, 11) is 0. The predicted octanol–water partition coefficient (Wildman–Crippen LogP) is -0.0683. The second-order valence-corrected chi connectivity index (χ2v) is 4.33. The first-order valence-corrected chi connectivity index (χ1v) is 5.58. The summed E-state index contributed by atoms with van der Waals surface area (Å²) in [5, 5.41) is 15.1. The fourth-order valence-electron chi connectivity index (χ4n) is 1.99. The van der Waals surface area contributed by atoms with Crippen molar-refractivity contribution in [2.24, 2.45) is 11.8 Å². The van der Waals surface area contributed by atoms with Crippen molar-refractivity contribution in [2.75, 3.05) is 13.1 Å². The number of hydrogen-bond acceptors (Lipinski definition) is 5. The van der Waals surface area contributed by atoms with Crippen LogP contribution >= 0.6 is 0 Å². The lowest BCUT2D eigenvalue weighted by atomic mass is 9.99. The van der Waals surface area contributed by atoms with Crippen molar-refractivity contribution >= 4 is 12.0 Å². The maximum atomic E-state index is 11.8. The van der Waals surface area contributed by atoms with Crippen LogP contribution in [0.5, 0.6) is 0 Å². The molecule has 0 bridgehead atoms. The highest BCUT2D eigenvalue weighted by atomic mass is 16.5. The van der Waals surface area contributed by atoms with Gasteiger partial charge in [0, 0.05) is 13.1 Å². The summed E-state index contributed by atoms with van der Waals surface area (Å²) < 4.78 is 4.53. The summed E-state index contributed by atoms with van der Waals surface area (Å²) >= 11 is 0. The molecule has 2 N–H and O–H groups in total. The third-order valence-corrected chi connectivity index (χ3v) is 3.02. The Balaban J connectivity index is 1.85. The summed E-state index contributed by atoms with van der Waals surface area (Å²) in [4.78, 5) is 28.0. The fraction of sp³-hybridized carbons (Fsp3) is 0.600. The maximum Gasteiger partial charge on any atom is 0.317 e. The molecule has 2 atom stereocenters. The Morgan fingerprint density at radius 3 is 2.94 bits per heavy atom. The number of carbonyl (C=O) groups excluding carboxylic acids is 1. The van der Waals surface area contributed by atoms with Crippen LogP contribution in [0.1, 0.15) is 12.7 Å². The number of amides is 2. The van der Waals surface area contributed by atoms with Gasteiger partial charge in [-0.2, -0.15) is 4.98 Å². The third kappa shape index (κ3) is 2.58. The molecule has 0 spiro atoms. The quantitative estimate of drug-likeness (QED) is 0.781. The number of rotatable bonds is 3. The first-order valence-electron chi connectivity index (χ1n) is 5.58. The minimum Gasteiger partial charge on any atom is -0.481 e. The number of carbonyl (C=O) groups is 2. The smallest absolute Gasteiger partial charge is 0.317 e. The van der Waals surface area contributed by atoms with E-state index in [1.54, 1.807) is 0 Å². The standard InChI is InChI=1S/C10H14N4O4/c1-6-3-14(4-7(6)9(15)16)10(17)11-2-8-12-5-18-13-8/h5-7H,2-4H2,1H3,(H,11,17)(H,15,16)/t6-,7-/m1/s1. The Labute approximate surface area is 103 Å².